The Morgan fingerprint density at radius 2 is 2.33 bits per heavy atom. The van der Waals surface area contributed by atoms with E-state index in [4.69, 9.17) is 5.73 Å². The molecule has 12 heavy (non-hydrogen) atoms. The molecule has 0 amide bonds. The maximum absolute atomic E-state index is 5.24. The molecule has 1 rings (SSSR count). The summed E-state index contributed by atoms with van der Waals surface area (Å²) >= 11 is 4.64. The van der Waals surface area contributed by atoms with Crippen LogP contribution in [0.25, 0.3) is 0 Å². The summed E-state index contributed by atoms with van der Waals surface area (Å²) in [4.78, 5) is 0. The first-order valence-corrected chi connectivity index (χ1v) is 3.92. The Balaban J connectivity index is 2.53. The number of aromatic nitrogens is 2. The van der Waals surface area contributed by atoms with Crippen LogP contribution >= 0.6 is 12.2 Å². The summed E-state index contributed by atoms with van der Waals surface area (Å²) in [6.07, 6.45) is 0. The average Bonchev–Trinajstić information content (AvgIpc) is 2.03. The van der Waals surface area contributed by atoms with Crippen molar-refractivity contribution in [1.29, 1.82) is 0 Å². The molecule has 5 heteroatoms. The average molecular weight is 182 g/mol. The molecular formula is C7H10N4S. The number of rotatable bonds is 2. The number of hydrogen-bond acceptors (Lipinski definition) is 3. The van der Waals surface area contributed by atoms with Crippen molar-refractivity contribution in [2.24, 2.45) is 5.73 Å². The van der Waals surface area contributed by atoms with E-state index in [1.807, 2.05) is 19.1 Å². The number of nitrogens with zero attached hydrogens (tertiary/aromatic N) is 2. The summed E-state index contributed by atoms with van der Waals surface area (Å²) in [6.45, 7) is 2.42. The van der Waals surface area contributed by atoms with Crippen LogP contribution in [0.3, 0.4) is 0 Å². The lowest BCUT2D eigenvalue weighted by atomic mass is 10.3. The second-order valence-corrected chi connectivity index (χ2v) is 2.82. The monoisotopic (exact) mass is 182 g/mol. The summed E-state index contributed by atoms with van der Waals surface area (Å²) in [6, 6.07) is 3.77. The van der Waals surface area contributed by atoms with Crippen molar-refractivity contribution in [2.45, 2.75) is 13.5 Å². The Bertz CT molecular complexity index is 269. The molecule has 0 saturated carbocycles. The molecule has 0 radical (unpaired) electrons. The third kappa shape index (κ3) is 2.79. The van der Waals surface area contributed by atoms with Gasteiger partial charge in [-0.25, -0.2) is 0 Å². The fourth-order valence-electron chi connectivity index (χ4n) is 0.699. The van der Waals surface area contributed by atoms with Gasteiger partial charge < -0.3 is 11.1 Å². The van der Waals surface area contributed by atoms with Crippen LogP contribution in [0.4, 0.5) is 0 Å². The highest BCUT2D eigenvalue weighted by atomic mass is 32.1. The molecule has 0 aliphatic carbocycles. The molecule has 1 aromatic heterocycles. The van der Waals surface area contributed by atoms with Crippen molar-refractivity contribution in [1.82, 2.24) is 15.5 Å². The minimum absolute atomic E-state index is 0.275. The number of hydrogen-bond donors (Lipinski definition) is 2. The fraction of sp³-hybridized carbons (Fsp3) is 0.286. The van der Waals surface area contributed by atoms with E-state index < -0.39 is 0 Å². The van der Waals surface area contributed by atoms with E-state index in [0.29, 0.717) is 6.54 Å². The predicted octanol–water partition coefficient (Wildman–Crippen LogP) is 0.118. The van der Waals surface area contributed by atoms with Gasteiger partial charge in [0.2, 0.25) is 0 Å². The van der Waals surface area contributed by atoms with Gasteiger partial charge in [-0.15, -0.1) is 0 Å². The van der Waals surface area contributed by atoms with Crippen molar-refractivity contribution < 1.29 is 0 Å². The first-order valence-electron chi connectivity index (χ1n) is 3.51. The predicted molar refractivity (Wildman–Crippen MR) is 50.4 cm³/mol. The van der Waals surface area contributed by atoms with Crippen LogP contribution in [0.5, 0.6) is 0 Å². The molecule has 0 spiro atoms. The van der Waals surface area contributed by atoms with E-state index in [-0.39, 0.29) is 5.11 Å². The second kappa shape index (κ2) is 3.96. The molecule has 0 aromatic carbocycles. The van der Waals surface area contributed by atoms with Crippen LogP contribution in [0.15, 0.2) is 12.1 Å². The largest absolute Gasteiger partial charge is 0.376 e. The van der Waals surface area contributed by atoms with Crippen LogP contribution in [0.1, 0.15) is 11.4 Å². The number of thiocarbonyl (C=S) groups is 1. The minimum Gasteiger partial charge on any atom is -0.376 e. The van der Waals surface area contributed by atoms with Crippen LogP contribution in [0.2, 0.25) is 0 Å². The van der Waals surface area contributed by atoms with Crippen LogP contribution < -0.4 is 11.1 Å². The summed E-state index contributed by atoms with van der Waals surface area (Å²) in [5.74, 6) is 0. The third-order valence-corrected chi connectivity index (χ3v) is 1.44. The molecule has 3 N–H and O–H groups in total. The first-order chi connectivity index (χ1) is 5.68. The molecule has 0 aliphatic heterocycles. The van der Waals surface area contributed by atoms with Gasteiger partial charge in [0.05, 0.1) is 17.9 Å². The zero-order valence-corrected chi connectivity index (χ0v) is 7.56. The van der Waals surface area contributed by atoms with Crippen LogP contribution in [-0.2, 0) is 6.54 Å². The smallest absolute Gasteiger partial charge is 0.163 e. The Morgan fingerprint density at radius 1 is 1.58 bits per heavy atom. The van der Waals surface area contributed by atoms with Gasteiger partial charge in [-0.3, -0.25) is 0 Å². The van der Waals surface area contributed by atoms with Crippen molar-refractivity contribution in [3.8, 4) is 0 Å². The van der Waals surface area contributed by atoms with E-state index in [1.165, 1.54) is 0 Å². The van der Waals surface area contributed by atoms with Gasteiger partial charge in [-0.2, -0.15) is 10.2 Å². The molecule has 0 bridgehead atoms. The van der Waals surface area contributed by atoms with Gasteiger partial charge in [-0.1, -0.05) is 0 Å². The zero-order chi connectivity index (χ0) is 8.97. The highest BCUT2D eigenvalue weighted by Crippen LogP contribution is 1.93. The molecule has 0 atom stereocenters. The first kappa shape index (κ1) is 8.86. The summed E-state index contributed by atoms with van der Waals surface area (Å²) in [5, 5.41) is 10.9. The standard InChI is InChI=1S/C7H10N4S/c1-5-2-3-6(11-10-5)4-9-7(8)12/h2-3H,4H2,1H3,(H3,8,9,12). The molecule has 1 heterocycles. The molecule has 0 fully saturated rings. The molecule has 0 aliphatic rings. The van der Waals surface area contributed by atoms with Crippen molar-refractivity contribution >= 4 is 17.3 Å². The number of nitrogens with one attached hydrogen (secondary N) is 1. The highest BCUT2D eigenvalue weighted by Gasteiger charge is 1.94. The minimum atomic E-state index is 0.275. The van der Waals surface area contributed by atoms with Crippen molar-refractivity contribution in [3.63, 3.8) is 0 Å². The van der Waals surface area contributed by atoms with Crippen LogP contribution in [0, 0.1) is 6.92 Å². The lowest BCUT2D eigenvalue weighted by molar-refractivity contribution is 0.821. The van der Waals surface area contributed by atoms with E-state index >= 15 is 0 Å². The van der Waals surface area contributed by atoms with E-state index in [0.717, 1.165) is 11.4 Å². The lowest BCUT2D eigenvalue weighted by Crippen LogP contribution is -2.28. The molecule has 0 saturated heterocycles. The van der Waals surface area contributed by atoms with E-state index in [2.05, 4.69) is 27.7 Å². The quantitative estimate of drug-likeness (QED) is 0.636. The van der Waals surface area contributed by atoms with Crippen molar-refractivity contribution in [3.05, 3.63) is 23.5 Å². The molecule has 1 aromatic rings. The van der Waals surface area contributed by atoms with Gasteiger partial charge in [0.1, 0.15) is 0 Å². The Morgan fingerprint density at radius 3 is 2.83 bits per heavy atom. The zero-order valence-electron chi connectivity index (χ0n) is 6.74. The van der Waals surface area contributed by atoms with Crippen molar-refractivity contribution in [2.75, 3.05) is 0 Å². The Kier molecular flexibility index (Phi) is 2.93. The Labute approximate surface area is 76.2 Å². The van der Waals surface area contributed by atoms with Gasteiger partial charge in [0, 0.05) is 0 Å². The summed E-state index contributed by atoms with van der Waals surface area (Å²) in [7, 11) is 0. The second-order valence-electron chi connectivity index (χ2n) is 2.38. The molecule has 64 valence electrons. The number of aryl methyl sites for hydroxylation is 1. The number of nitrogens with two attached hydrogens (primary N) is 1. The fourth-order valence-corrected chi connectivity index (χ4v) is 0.771. The SMILES string of the molecule is Cc1ccc(CNC(N)=S)nn1. The van der Waals surface area contributed by atoms with Gasteiger partial charge in [0.15, 0.2) is 5.11 Å². The maximum atomic E-state index is 5.24. The normalized spacial score (nSPS) is 9.42. The lowest BCUT2D eigenvalue weighted by Gasteiger charge is -2.01. The third-order valence-electron chi connectivity index (χ3n) is 1.30. The van der Waals surface area contributed by atoms with E-state index in [9.17, 15) is 0 Å². The Hall–Kier alpha value is -1.23. The molecular weight excluding hydrogens is 172 g/mol. The summed E-state index contributed by atoms with van der Waals surface area (Å²) in [5.41, 5.74) is 6.97. The van der Waals surface area contributed by atoms with Crippen LogP contribution in [-0.4, -0.2) is 15.3 Å². The maximum Gasteiger partial charge on any atom is 0.163 e. The van der Waals surface area contributed by atoms with Gasteiger partial charge in [0.25, 0.3) is 0 Å². The van der Waals surface area contributed by atoms with Gasteiger partial charge >= 0.3 is 0 Å². The molecule has 0 unspecified atom stereocenters. The summed E-state index contributed by atoms with van der Waals surface area (Å²) < 4.78 is 0. The van der Waals surface area contributed by atoms with Gasteiger partial charge in [-0.05, 0) is 31.3 Å². The van der Waals surface area contributed by atoms with E-state index in [1.54, 1.807) is 0 Å². The highest BCUT2D eigenvalue weighted by molar-refractivity contribution is 7.80. The topological polar surface area (TPSA) is 63.8 Å². The molecule has 4 nitrogen and oxygen atoms in total.